The maximum atomic E-state index is 12.4. The van der Waals surface area contributed by atoms with Crippen LogP contribution in [0.4, 0.5) is 10.8 Å². The molecule has 3 rings (SSSR count). The molecule has 0 spiro atoms. The Morgan fingerprint density at radius 2 is 1.68 bits per heavy atom. The molecule has 126 valence electrons. The molecule has 0 saturated carbocycles. The molecule has 3 aromatic rings. The summed E-state index contributed by atoms with van der Waals surface area (Å²) in [5, 5.41) is 5.27. The molecule has 7 heteroatoms. The van der Waals surface area contributed by atoms with Crippen molar-refractivity contribution in [3.63, 3.8) is 0 Å². The Balaban J connectivity index is 1.68. The van der Waals surface area contributed by atoms with Crippen LogP contribution in [-0.2, 0) is 0 Å². The Morgan fingerprint density at radius 1 is 1.04 bits per heavy atom. The molecule has 2 amide bonds. The van der Waals surface area contributed by atoms with Crippen molar-refractivity contribution in [1.29, 1.82) is 0 Å². The van der Waals surface area contributed by atoms with Crippen LogP contribution in [0.3, 0.4) is 0 Å². The molecule has 1 N–H and O–H groups in total. The summed E-state index contributed by atoms with van der Waals surface area (Å²) in [4.78, 5) is 30.3. The fraction of sp³-hybridized carbons (Fsp3) is 0.0556. The number of nitrogens with one attached hydrogen (secondary N) is 1. The van der Waals surface area contributed by atoms with Gasteiger partial charge in [-0.1, -0.05) is 15.9 Å². The van der Waals surface area contributed by atoms with Crippen molar-refractivity contribution in [2.45, 2.75) is 0 Å². The first-order valence-electron chi connectivity index (χ1n) is 7.39. The van der Waals surface area contributed by atoms with E-state index >= 15 is 0 Å². The highest BCUT2D eigenvalue weighted by atomic mass is 79.9. The van der Waals surface area contributed by atoms with Gasteiger partial charge in [0, 0.05) is 39.9 Å². The first kappa shape index (κ1) is 17.3. The lowest BCUT2D eigenvalue weighted by Gasteiger charge is -2.14. The number of nitrogens with zero attached hydrogens (tertiary/aromatic N) is 2. The zero-order valence-electron chi connectivity index (χ0n) is 13.3. The average Bonchev–Trinajstić information content (AvgIpc) is 3.16. The van der Waals surface area contributed by atoms with E-state index in [0.717, 1.165) is 4.47 Å². The Labute approximate surface area is 157 Å². The van der Waals surface area contributed by atoms with E-state index in [1.807, 2.05) is 17.5 Å². The molecule has 1 aromatic heterocycles. The van der Waals surface area contributed by atoms with Gasteiger partial charge in [0.15, 0.2) is 5.13 Å². The molecule has 0 radical (unpaired) electrons. The molecule has 2 aromatic carbocycles. The van der Waals surface area contributed by atoms with Crippen molar-refractivity contribution in [2.24, 2.45) is 0 Å². The van der Waals surface area contributed by atoms with Crippen molar-refractivity contribution in [3.8, 4) is 0 Å². The normalized spacial score (nSPS) is 10.3. The Morgan fingerprint density at radius 3 is 2.28 bits per heavy atom. The van der Waals surface area contributed by atoms with Crippen LogP contribution in [0, 0.1) is 0 Å². The van der Waals surface area contributed by atoms with E-state index < -0.39 is 0 Å². The minimum Gasteiger partial charge on any atom is -0.322 e. The van der Waals surface area contributed by atoms with Gasteiger partial charge in [-0.3, -0.25) is 14.5 Å². The lowest BCUT2D eigenvalue weighted by atomic mass is 10.1. The number of thiazole rings is 1. The molecule has 0 atom stereocenters. The average molecular weight is 416 g/mol. The first-order chi connectivity index (χ1) is 12.0. The minimum atomic E-state index is -0.202. The van der Waals surface area contributed by atoms with Crippen LogP contribution in [-0.4, -0.2) is 23.8 Å². The number of aromatic nitrogens is 1. The van der Waals surface area contributed by atoms with Gasteiger partial charge in [0.25, 0.3) is 11.8 Å². The molecular formula is C18H14BrN3O2S. The number of carbonyl (C=O) groups excluding carboxylic acids is 2. The van der Waals surface area contributed by atoms with Crippen LogP contribution in [0.15, 0.2) is 64.6 Å². The van der Waals surface area contributed by atoms with E-state index in [1.54, 1.807) is 49.6 Å². The Bertz CT molecular complexity index is 878. The van der Waals surface area contributed by atoms with Crippen molar-refractivity contribution in [1.82, 2.24) is 4.98 Å². The topological polar surface area (TPSA) is 62.3 Å². The van der Waals surface area contributed by atoms with Gasteiger partial charge >= 0.3 is 0 Å². The fourth-order valence-electron chi connectivity index (χ4n) is 2.16. The highest BCUT2D eigenvalue weighted by Crippen LogP contribution is 2.19. The van der Waals surface area contributed by atoms with Gasteiger partial charge in [0.1, 0.15) is 0 Å². The maximum Gasteiger partial charge on any atom is 0.259 e. The highest BCUT2D eigenvalue weighted by molar-refractivity contribution is 9.10. The second-order valence-electron chi connectivity index (χ2n) is 5.22. The molecule has 0 unspecified atom stereocenters. The third-order valence-electron chi connectivity index (χ3n) is 3.51. The van der Waals surface area contributed by atoms with Crippen molar-refractivity contribution in [3.05, 3.63) is 75.7 Å². The van der Waals surface area contributed by atoms with Crippen LogP contribution in [0.1, 0.15) is 20.7 Å². The zero-order chi connectivity index (χ0) is 17.8. The molecule has 0 aliphatic heterocycles. The number of carbonyl (C=O) groups is 2. The van der Waals surface area contributed by atoms with Gasteiger partial charge in [0.2, 0.25) is 0 Å². The number of hydrogen-bond donors (Lipinski definition) is 1. The smallest absolute Gasteiger partial charge is 0.259 e. The summed E-state index contributed by atoms with van der Waals surface area (Å²) >= 11 is 4.74. The molecule has 1 heterocycles. The largest absolute Gasteiger partial charge is 0.322 e. The number of rotatable bonds is 4. The van der Waals surface area contributed by atoms with Crippen LogP contribution in [0.25, 0.3) is 0 Å². The summed E-state index contributed by atoms with van der Waals surface area (Å²) in [6, 6.07) is 13.9. The fourth-order valence-corrected chi connectivity index (χ4v) is 3.03. The van der Waals surface area contributed by atoms with Gasteiger partial charge < -0.3 is 5.32 Å². The molecule has 0 fully saturated rings. The third-order valence-corrected chi connectivity index (χ3v) is 4.88. The van der Waals surface area contributed by atoms with E-state index in [9.17, 15) is 9.59 Å². The molecule has 0 aliphatic rings. The van der Waals surface area contributed by atoms with Crippen LogP contribution >= 0.6 is 27.3 Å². The predicted molar refractivity (Wildman–Crippen MR) is 103 cm³/mol. The van der Waals surface area contributed by atoms with E-state index in [0.29, 0.717) is 21.9 Å². The zero-order valence-corrected chi connectivity index (χ0v) is 15.7. The highest BCUT2D eigenvalue weighted by Gasteiger charge is 2.15. The second-order valence-corrected chi connectivity index (χ2v) is 7.01. The molecular weight excluding hydrogens is 402 g/mol. The predicted octanol–water partition coefficient (Wildman–Crippen LogP) is 4.43. The van der Waals surface area contributed by atoms with Crippen molar-refractivity contribution in [2.75, 3.05) is 17.3 Å². The first-order valence-corrected chi connectivity index (χ1v) is 9.06. The summed E-state index contributed by atoms with van der Waals surface area (Å²) in [7, 11) is 1.68. The van der Waals surface area contributed by atoms with Gasteiger partial charge in [-0.05, 0) is 48.5 Å². The minimum absolute atomic E-state index is 0.152. The van der Waals surface area contributed by atoms with Crippen molar-refractivity contribution < 1.29 is 9.59 Å². The number of hydrogen-bond acceptors (Lipinski definition) is 4. The molecule has 25 heavy (non-hydrogen) atoms. The maximum absolute atomic E-state index is 12.4. The number of halogens is 1. The number of anilines is 2. The van der Waals surface area contributed by atoms with Gasteiger partial charge in [0.05, 0.1) is 0 Å². The lowest BCUT2D eigenvalue weighted by Crippen LogP contribution is -2.26. The van der Waals surface area contributed by atoms with Crippen molar-refractivity contribution >= 4 is 49.9 Å². The van der Waals surface area contributed by atoms with Crippen LogP contribution < -0.4 is 10.2 Å². The second kappa shape index (κ2) is 7.58. The summed E-state index contributed by atoms with van der Waals surface area (Å²) in [5.74, 6) is -0.354. The van der Waals surface area contributed by atoms with E-state index in [1.165, 1.54) is 16.2 Å². The summed E-state index contributed by atoms with van der Waals surface area (Å²) < 4.78 is 0.913. The monoisotopic (exact) mass is 415 g/mol. The quantitative estimate of drug-likeness (QED) is 0.684. The number of amides is 2. The van der Waals surface area contributed by atoms with E-state index in [2.05, 4.69) is 26.2 Å². The molecule has 0 aliphatic carbocycles. The SMILES string of the molecule is CN(C(=O)c1ccc(NC(=O)c2ccc(Br)cc2)cc1)c1nccs1. The van der Waals surface area contributed by atoms with Gasteiger partial charge in [-0.15, -0.1) is 11.3 Å². The van der Waals surface area contributed by atoms with E-state index in [-0.39, 0.29) is 11.8 Å². The summed E-state index contributed by atoms with van der Waals surface area (Å²) in [5.41, 5.74) is 1.72. The van der Waals surface area contributed by atoms with Crippen LogP contribution in [0.5, 0.6) is 0 Å². The summed E-state index contributed by atoms with van der Waals surface area (Å²) in [6.07, 6.45) is 1.66. The van der Waals surface area contributed by atoms with E-state index in [4.69, 9.17) is 0 Å². The lowest BCUT2D eigenvalue weighted by molar-refractivity contribution is 0.0991. The Kier molecular flexibility index (Phi) is 5.25. The molecule has 0 saturated heterocycles. The number of benzene rings is 2. The van der Waals surface area contributed by atoms with Gasteiger partial charge in [-0.25, -0.2) is 4.98 Å². The standard InChI is InChI=1S/C18H14BrN3O2S/c1-22(18-20-10-11-25-18)17(24)13-4-8-15(9-5-13)21-16(23)12-2-6-14(19)7-3-12/h2-11H,1H3,(H,21,23). The van der Waals surface area contributed by atoms with Crippen LogP contribution in [0.2, 0.25) is 0 Å². The van der Waals surface area contributed by atoms with Gasteiger partial charge in [-0.2, -0.15) is 0 Å². The summed E-state index contributed by atoms with van der Waals surface area (Å²) in [6.45, 7) is 0. The third kappa shape index (κ3) is 4.12. The molecule has 5 nitrogen and oxygen atoms in total. The molecule has 0 bridgehead atoms. The Hall–Kier alpha value is -2.51.